The first kappa shape index (κ1) is 22.9. The summed E-state index contributed by atoms with van der Waals surface area (Å²) in [6.07, 6.45) is 5.13. The molecule has 0 radical (unpaired) electrons. The van der Waals surface area contributed by atoms with E-state index in [4.69, 9.17) is 0 Å². The summed E-state index contributed by atoms with van der Waals surface area (Å²) < 4.78 is 16.9. The summed E-state index contributed by atoms with van der Waals surface area (Å²) in [4.78, 5) is 20.2. The zero-order valence-electron chi connectivity index (χ0n) is 19.8. The van der Waals surface area contributed by atoms with E-state index in [-0.39, 0.29) is 11.6 Å². The molecule has 0 saturated carbocycles. The van der Waals surface area contributed by atoms with Crippen molar-refractivity contribution >= 4 is 28.1 Å². The molecule has 2 aromatic carbocycles. The number of pyridine rings is 1. The topological polar surface area (TPSA) is 75.9 Å². The van der Waals surface area contributed by atoms with Crippen LogP contribution in [0, 0.1) is 5.82 Å². The van der Waals surface area contributed by atoms with Gasteiger partial charge < -0.3 is 5.32 Å². The van der Waals surface area contributed by atoms with Crippen molar-refractivity contribution in [2.24, 2.45) is 7.05 Å². The van der Waals surface area contributed by atoms with E-state index in [1.54, 1.807) is 35.1 Å². The number of hydrogen-bond donors (Lipinski definition) is 1. The van der Waals surface area contributed by atoms with Gasteiger partial charge in [0.2, 0.25) is 0 Å². The van der Waals surface area contributed by atoms with Crippen molar-refractivity contribution in [1.29, 1.82) is 0 Å². The van der Waals surface area contributed by atoms with Gasteiger partial charge in [0.1, 0.15) is 17.3 Å². The zero-order chi connectivity index (χ0) is 24.5. The number of rotatable bonds is 5. The van der Waals surface area contributed by atoms with Crippen molar-refractivity contribution in [3.05, 3.63) is 78.4 Å². The number of halogens is 1. The van der Waals surface area contributed by atoms with E-state index in [0.29, 0.717) is 23.6 Å². The van der Waals surface area contributed by atoms with Gasteiger partial charge in [0.25, 0.3) is 5.91 Å². The number of hydrogen-bond acceptors (Lipinski definition) is 5. The van der Waals surface area contributed by atoms with E-state index >= 15 is 4.39 Å². The summed E-state index contributed by atoms with van der Waals surface area (Å²) in [6, 6.07) is 12.3. The van der Waals surface area contributed by atoms with Crippen molar-refractivity contribution < 1.29 is 9.18 Å². The number of benzene rings is 2. The molecule has 1 N–H and O–H groups in total. The Kier molecular flexibility index (Phi) is 6.13. The zero-order valence-corrected chi connectivity index (χ0v) is 19.8. The number of aryl methyl sites for hydroxylation is 1. The van der Waals surface area contributed by atoms with Gasteiger partial charge >= 0.3 is 0 Å². The Hall–Kier alpha value is -3.91. The second kappa shape index (κ2) is 9.38. The highest BCUT2D eigenvalue weighted by atomic mass is 19.1. The Bertz CT molecular complexity index is 1420. The number of amides is 1. The average molecular weight is 471 g/mol. The monoisotopic (exact) mass is 470 g/mol. The molecule has 0 spiro atoms. The number of nitrogens with zero attached hydrogens (tertiary/aromatic N) is 5. The smallest absolute Gasteiger partial charge is 0.262 e. The van der Waals surface area contributed by atoms with Gasteiger partial charge in [-0.15, -0.1) is 5.10 Å². The van der Waals surface area contributed by atoms with E-state index in [9.17, 15) is 4.79 Å². The number of nitrogens with one attached hydrogen (secondary N) is 1. The molecule has 0 unspecified atom stereocenters. The second-order valence-electron chi connectivity index (χ2n) is 9.00. The van der Waals surface area contributed by atoms with Crippen molar-refractivity contribution in [3.63, 3.8) is 0 Å². The van der Waals surface area contributed by atoms with Crippen LogP contribution in [0.5, 0.6) is 0 Å². The second-order valence-corrected chi connectivity index (χ2v) is 9.00. The molecule has 1 saturated heterocycles. The quantitative estimate of drug-likeness (QED) is 0.461. The summed E-state index contributed by atoms with van der Waals surface area (Å²) in [7, 11) is 1.75. The normalized spacial score (nSPS) is 15.8. The van der Waals surface area contributed by atoms with E-state index in [2.05, 4.69) is 27.2 Å². The number of carbonyl (C=O) groups is 1. The fourth-order valence-corrected chi connectivity index (χ4v) is 4.57. The van der Waals surface area contributed by atoms with Gasteiger partial charge in [-0.2, -0.15) is 0 Å². The first-order valence-electron chi connectivity index (χ1n) is 11.7. The first-order chi connectivity index (χ1) is 16.9. The van der Waals surface area contributed by atoms with Crippen LogP contribution in [0.4, 0.5) is 10.2 Å². The molecule has 1 aliphatic heterocycles. The maximum atomic E-state index is 15.3. The Morgan fingerprint density at radius 3 is 2.77 bits per heavy atom. The Morgan fingerprint density at radius 2 is 2.09 bits per heavy atom. The molecule has 8 heteroatoms. The highest BCUT2D eigenvalue weighted by Gasteiger charge is 2.31. The standard InChI is InChI=1S/C27H27FN6O/c1-17(2)18-6-8-22-19(13-18)10-12-30-26(22)34(21-5-4-11-29-15-21)27(35)23-9-7-20(14-24(23)28)25-16-33(3)32-31-25/h6-10,12-14,16,21,29H,1,4-5,11,15H2,2-3H3/t21-/m1/s1. The van der Waals surface area contributed by atoms with Gasteiger partial charge in [-0.25, -0.2) is 9.37 Å². The Balaban J connectivity index is 1.59. The number of carbonyl (C=O) groups excluding carboxylic acids is 1. The summed E-state index contributed by atoms with van der Waals surface area (Å²) in [6.45, 7) is 7.50. The molecule has 7 nitrogen and oxygen atoms in total. The molecule has 1 aliphatic rings. The fourth-order valence-electron chi connectivity index (χ4n) is 4.57. The van der Waals surface area contributed by atoms with Crippen molar-refractivity contribution in [1.82, 2.24) is 25.3 Å². The van der Waals surface area contributed by atoms with Crippen LogP contribution < -0.4 is 10.2 Å². The third-order valence-electron chi connectivity index (χ3n) is 6.42. The minimum absolute atomic E-state index is 0.000531. The Labute approximate surface area is 203 Å². The number of anilines is 1. The minimum atomic E-state index is -0.600. The lowest BCUT2D eigenvalue weighted by Crippen LogP contribution is -2.49. The van der Waals surface area contributed by atoms with Gasteiger partial charge in [0.15, 0.2) is 0 Å². The number of aromatic nitrogens is 4. The van der Waals surface area contributed by atoms with Crippen LogP contribution in [0.1, 0.15) is 35.7 Å². The molecule has 3 heterocycles. The van der Waals surface area contributed by atoms with Crippen LogP contribution in [0.25, 0.3) is 27.6 Å². The third-order valence-corrected chi connectivity index (χ3v) is 6.42. The van der Waals surface area contributed by atoms with Crippen LogP contribution in [-0.4, -0.2) is 45.0 Å². The van der Waals surface area contributed by atoms with Crippen LogP contribution in [0.2, 0.25) is 0 Å². The molecule has 1 atom stereocenters. The van der Waals surface area contributed by atoms with Gasteiger partial charge in [-0.1, -0.05) is 35.6 Å². The molecule has 35 heavy (non-hydrogen) atoms. The van der Waals surface area contributed by atoms with Crippen molar-refractivity contribution in [3.8, 4) is 11.3 Å². The lowest BCUT2D eigenvalue weighted by Gasteiger charge is -2.34. The molecule has 4 aromatic rings. The predicted molar refractivity (Wildman–Crippen MR) is 136 cm³/mol. The average Bonchev–Trinajstić information content (AvgIpc) is 3.30. The molecule has 2 aromatic heterocycles. The van der Waals surface area contributed by atoms with E-state index in [1.807, 2.05) is 31.2 Å². The van der Waals surface area contributed by atoms with Crippen LogP contribution in [-0.2, 0) is 7.05 Å². The molecular weight excluding hydrogens is 443 g/mol. The van der Waals surface area contributed by atoms with Crippen LogP contribution in [0.15, 0.2) is 61.4 Å². The molecule has 1 fully saturated rings. The molecule has 0 aliphatic carbocycles. The van der Waals surface area contributed by atoms with Crippen LogP contribution >= 0.6 is 0 Å². The first-order valence-corrected chi connectivity index (χ1v) is 11.7. The predicted octanol–water partition coefficient (Wildman–Crippen LogP) is 4.60. The summed E-state index contributed by atoms with van der Waals surface area (Å²) in [5, 5.41) is 13.1. The summed E-state index contributed by atoms with van der Waals surface area (Å²) in [5.74, 6) is -0.477. The van der Waals surface area contributed by atoms with Gasteiger partial charge in [-0.05, 0) is 61.5 Å². The third kappa shape index (κ3) is 4.44. The molecular formula is C27H27FN6O. The van der Waals surface area contributed by atoms with Gasteiger partial charge in [0, 0.05) is 30.7 Å². The SMILES string of the molecule is C=C(C)c1ccc2c(N(C(=O)c3ccc(-c4cn(C)nn4)cc3F)[C@@H]3CCCNC3)nccc2c1. The van der Waals surface area contributed by atoms with Crippen LogP contribution in [0.3, 0.4) is 0 Å². The van der Waals surface area contributed by atoms with Crippen molar-refractivity contribution in [2.75, 3.05) is 18.0 Å². The maximum absolute atomic E-state index is 15.3. The summed E-state index contributed by atoms with van der Waals surface area (Å²) in [5.41, 5.74) is 3.09. The van der Waals surface area contributed by atoms with Crippen molar-refractivity contribution in [2.45, 2.75) is 25.8 Å². The van der Waals surface area contributed by atoms with Gasteiger partial charge in [0.05, 0.1) is 17.8 Å². The fraction of sp³-hybridized carbons (Fsp3) is 0.259. The summed E-state index contributed by atoms with van der Waals surface area (Å²) >= 11 is 0. The molecule has 1 amide bonds. The van der Waals surface area contributed by atoms with Gasteiger partial charge in [-0.3, -0.25) is 14.4 Å². The highest BCUT2D eigenvalue weighted by Crippen LogP contribution is 2.31. The molecule has 5 rings (SSSR count). The van der Waals surface area contributed by atoms with E-state index in [1.165, 1.54) is 12.1 Å². The maximum Gasteiger partial charge on any atom is 0.262 e. The number of fused-ring (bicyclic) bond motifs is 1. The Morgan fingerprint density at radius 1 is 1.23 bits per heavy atom. The highest BCUT2D eigenvalue weighted by molar-refractivity contribution is 6.10. The molecule has 0 bridgehead atoms. The van der Waals surface area contributed by atoms with E-state index < -0.39 is 11.7 Å². The number of piperidine rings is 1. The largest absolute Gasteiger partial charge is 0.315 e. The lowest BCUT2D eigenvalue weighted by molar-refractivity contribution is 0.0968. The molecule has 178 valence electrons. The minimum Gasteiger partial charge on any atom is -0.315 e. The lowest BCUT2D eigenvalue weighted by atomic mass is 10.0. The van der Waals surface area contributed by atoms with E-state index in [0.717, 1.165) is 41.3 Å². The number of allylic oxidation sites excluding steroid dienone is 1.